The van der Waals surface area contributed by atoms with Gasteiger partial charge in [-0.05, 0) is 12.1 Å². The van der Waals surface area contributed by atoms with Crippen molar-refractivity contribution in [3.63, 3.8) is 0 Å². The smallest absolute Gasteiger partial charge is 0.160 e. The van der Waals surface area contributed by atoms with E-state index in [-0.39, 0.29) is 6.10 Å². The lowest BCUT2D eigenvalue weighted by atomic mass is 10.2. The van der Waals surface area contributed by atoms with Gasteiger partial charge in [-0.2, -0.15) is 0 Å². The number of ether oxygens (including phenoxy) is 1. The van der Waals surface area contributed by atoms with Crippen molar-refractivity contribution < 1.29 is 4.74 Å². The first-order valence-corrected chi connectivity index (χ1v) is 6.15. The van der Waals surface area contributed by atoms with Gasteiger partial charge in [-0.3, -0.25) is 0 Å². The fourth-order valence-corrected chi connectivity index (χ4v) is 1.92. The zero-order chi connectivity index (χ0) is 12.4. The van der Waals surface area contributed by atoms with Crippen LogP contribution in [0, 0.1) is 0 Å². The van der Waals surface area contributed by atoms with E-state index in [1.807, 2.05) is 24.3 Å². The van der Waals surface area contributed by atoms with Crippen molar-refractivity contribution in [2.45, 2.75) is 6.10 Å². The van der Waals surface area contributed by atoms with Crippen molar-refractivity contribution in [3.8, 4) is 17.1 Å². The second-order valence-electron chi connectivity index (χ2n) is 4.12. The third kappa shape index (κ3) is 2.30. The summed E-state index contributed by atoms with van der Waals surface area (Å²) >= 11 is 6.09. The van der Waals surface area contributed by atoms with Gasteiger partial charge in [-0.15, -0.1) is 0 Å². The van der Waals surface area contributed by atoms with Crippen LogP contribution in [0.25, 0.3) is 11.4 Å². The van der Waals surface area contributed by atoms with Crippen LogP contribution in [0.3, 0.4) is 0 Å². The molecular weight excluding hydrogens is 250 g/mol. The van der Waals surface area contributed by atoms with E-state index in [4.69, 9.17) is 16.3 Å². The van der Waals surface area contributed by atoms with Crippen LogP contribution in [-0.4, -0.2) is 29.2 Å². The van der Waals surface area contributed by atoms with E-state index in [0.717, 1.165) is 18.7 Å². The van der Waals surface area contributed by atoms with Crippen LogP contribution >= 0.6 is 11.6 Å². The van der Waals surface area contributed by atoms with Gasteiger partial charge < -0.3 is 10.1 Å². The Morgan fingerprint density at radius 3 is 2.50 bits per heavy atom. The summed E-state index contributed by atoms with van der Waals surface area (Å²) in [5.74, 6) is 1.30. The molecule has 18 heavy (non-hydrogen) atoms. The molecule has 4 nitrogen and oxygen atoms in total. The number of aromatic nitrogens is 2. The first kappa shape index (κ1) is 11.4. The van der Waals surface area contributed by atoms with E-state index in [9.17, 15) is 0 Å². The molecule has 1 aromatic heterocycles. The number of hydrogen-bond acceptors (Lipinski definition) is 4. The molecule has 2 heterocycles. The summed E-state index contributed by atoms with van der Waals surface area (Å²) in [6, 6.07) is 7.51. The first-order chi connectivity index (χ1) is 8.83. The molecular formula is C13H12ClN3O. The van der Waals surface area contributed by atoms with Gasteiger partial charge >= 0.3 is 0 Å². The molecule has 0 bridgehead atoms. The van der Waals surface area contributed by atoms with Crippen LogP contribution < -0.4 is 10.1 Å². The molecule has 0 unspecified atom stereocenters. The number of halogens is 1. The van der Waals surface area contributed by atoms with Gasteiger partial charge in [-0.1, -0.05) is 23.7 Å². The second-order valence-corrected chi connectivity index (χ2v) is 4.53. The Hall–Kier alpha value is -1.65. The molecule has 5 heteroatoms. The minimum Gasteiger partial charge on any atom is -0.485 e. The first-order valence-electron chi connectivity index (χ1n) is 5.77. The van der Waals surface area contributed by atoms with Crippen molar-refractivity contribution in [2.75, 3.05) is 13.1 Å². The summed E-state index contributed by atoms with van der Waals surface area (Å²) in [5.41, 5.74) is 0.830. The van der Waals surface area contributed by atoms with Gasteiger partial charge in [0.05, 0.1) is 17.4 Å². The quantitative estimate of drug-likeness (QED) is 0.920. The molecule has 1 aliphatic rings. The standard InChI is InChI=1S/C13H12ClN3O/c14-12-4-2-1-3-11(12)13-16-7-10(8-17-13)18-9-5-15-6-9/h1-4,7-9,15H,5-6H2. The summed E-state index contributed by atoms with van der Waals surface area (Å²) in [6.45, 7) is 1.76. The van der Waals surface area contributed by atoms with Crippen LogP contribution in [0.5, 0.6) is 5.75 Å². The van der Waals surface area contributed by atoms with E-state index >= 15 is 0 Å². The fourth-order valence-electron chi connectivity index (χ4n) is 1.70. The molecule has 1 fully saturated rings. The van der Waals surface area contributed by atoms with Crippen LogP contribution in [0.15, 0.2) is 36.7 Å². The predicted molar refractivity (Wildman–Crippen MR) is 69.8 cm³/mol. The molecule has 0 aliphatic carbocycles. The maximum absolute atomic E-state index is 6.09. The highest BCUT2D eigenvalue weighted by Crippen LogP contribution is 2.25. The Bertz CT molecular complexity index is 540. The van der Waals surface area contributed by atoms with Crippen molar-refractivity contribution in [1.29, 1.82) is 0 Å². The fraction of sp³-hybridized carbons (Fsp3) is 0.231. The topological polar surface area (TPSA) is 47.0 Å². The zero-order valence-corrected chi connectivity index (χ0v) is 10.4. The summed E-state index contributed by atoms with van der Waals surface area (Å²) in [5, 5.41) is 3.79. The minimum atomic E-state index is 0.236. The maximum atomic E-state index is 6.09. The van der Waals surface area contributed by atoms with Crippen LogP contribution in [0.2, 0.25) is 5.02 Å². The van der Waals surface area contributed by atoms with Gasteiger partial charge in [0, 0.05) is 18.7 Å². The average Bonchev–Trinajstić information content (AvgIpc) is 2.35. The van der Waals surface area contributed by atoms with Crippen LogP contribution in [-0.2, 0) is 0 Å². The van der Waals surface area contributed by atoms with E-state index in [2.05, 4.69) is 15.3 Å². The molecule has 1 saturated heterocycles. The minimum absolute atomic E-state index is 0.236. The van der Waals surface area contributed by atoms with E-state index in [0.29, 0.717) is 16.6 Å². The zero-order valence-electron chi connectivity index (χ0n) is 9.64. The Labute approximate surface area is 110 Å². The van der Waals surface area contributed by atoms with E-state index < -0.39 is 0 Å². The van der Waals surface area contributed by atoms with Gasteiger partial charge in [0.25, 0.3) is 0 Å². The summed E-state index contributed by atoms with van der Waals surface area (Å²) in [7, 11) is 0. The SMILES string of the molecule is Clc1ccccc1-c1ncc(OC2CNC2)cn1. The van der Waals surface area contributed by atoms with Crippen LogP contribution in [0.1, 0.15) is 0 Å². The molecule has 92 valence electrons. The lowest BCUT2D eigenvalue weighted by Gasteiger charge is -2.27. The maximum Gasteiger partial charge on any atom is 0.160 e. The molecule has 0 saturated carbocycles. The van der Waals surface area contributed by atoms with Crippen molar-refractivity contribution in [3.05, 3.63) is 41.7 Å². The molecule has 0 amide bonds. The van der Waals surface area contributed by atoms with Crippen molar-refractivity contribution in [1.82, 2.24) is 15.3 Å². The highest BCUT2D eigenvalue weighted by molar-refractivity contribution is 6.33. The molecule has 1 N–H and O–H groups in total. The van der Waals surface area contributed by atoms with E-state index in [1.165, 1.54) is 0 Å². The Kier molecular flexibility index (Phi) is 3.13. The molecule has 1 aliphatic heterocycles. The summed E-state index contributed by atoms with van der Waals surface area (Å²) in [4.78, 5) is 8.56. The number of hydrogen-bond donors (Lipinski definition) is 1. The normalized spacial score (nSPS) is 15.2. The monoisotopic (exact) mass is 261 g/mol. The van der Waals surface area contributed by atoms with Crippen LogP contribution in [0.4, 0.5) is 0 Å². The lowest BCUT2D eigenvalue weighted by Crippen LogP contribution is -2.50. The predicted octanol–water partition coefficient (Wildman–Crippen LogP) is 2.15. The Balaban J connectivity index is 1.80. The van der Waals surface area contributed by atoms with Gasteiger partial charge in [0.2, 0.25) is 0 Å². The highest BCUT2D eigenvalue weighted by Gasteiger charge is 2.18. The third-order valence-electron chi connectivity index (χ3n) is 2.79. The van der Waals surface area contributed by atoms with E-state index in [1.54, 1.807) is 12.4 Å². The molecule has 2 aromatic rings. The Morgan fingerprint density at radius 2 is 1.89 bits per heavy atom. The number of benzene rings is 1. The second kappa shape index (κ2) is 4.92. The average molecular weight is 262 g/mol. The summed E-state index contributed by atoms with van der Waals surface area (Å²) < 4.78 is 5.65. The molecule has 1 aromatic carbocycles. The highest BCUT2D eigenvalue weighted by atomic mass is 35.5. The number of nitrogens with one attached hydrogen (secondary N) is 1. The van der Waals surface area contributed by atoms with Gasteiger partial charge in [-0.25, -0.2) is 9.97 Å². The van der Waals surface area contributed by atoms with Crippen molar-refractivity contribution >= 4 is 11.6 Å². The molecule has 0 radical (unpaired) electrons. The Morgan fingerprint density at radius 1 is 1.17 bits per heavy atom. The molecule has 3 rings (SSSR count). The number of nitrogens with zero attached hydrogens (tertiary/aromatic N) is 2. The largest absolute Gasteiger partial charge is 0.485 e. The lowest BCUT2D eigenvalue weighted by molar-refractivity contribution is 0.141. The van der Waals surface area contributed by atoms with Gasteiger partial charge in [0.15, 0.2) is 11.6 Å². The van der Waals surface area contributed by atoms with Crippen molar-refractivity contribution in [2.24, 2.45) is 0 Å². The third-order valence-corrected chi connectivity index (χ3v) is 3.12. The molecule has 0 atom stereocenters. The summed E-state index contributed by atoms with van der Waals surface area (Å²) in [6.07, 6.45) is 3.60. The molecule has 0 spiro atoms. The number of rotatable bonds is 3. The van der Waals surface area contributed by atoms with Gasteiger partial charge in [0.1, 0.15) is 6.10 Å².